The molecule has 0 heterocycles. The van der Waals surface area contributed by atoms with Gasteiger partial charge < -0.3 is 14.8 Å². The van der Waals surface area contributed by atoms with E-state index in [0.717, 1.165) is 30.5 Å². The van der Waals surface area contributed by atoms with Crippen LogP contribution in [0.4, 0.5) is 4.39 Å². The second kappa shape index (κ2) is 9.86. The molecule has 0 aliphatic carbocycles. The molecule has 0 spiro atoms. The molecule has 1 unspecified atom stereocenters. The lowest BCUT2D eigenvalue weighted by molar-refractivity contribution is 0.0656. The summed E-state index contributed by atoms with van der Waals surface area (Å²) in [4.78, 5) is 0. The van der Waals surface area contributed by atoms with Gasteiger partial charge >= 0.3 is 0 Å². The van der Waals surface area contributed by atoms with Crippen LogP contribution in [-0.4, -0.2) is 33.5 Å². The number of hydrogen-bond donors (Lipinski definition) is 1. The molecule has 0 aliphatic rings. The predicted octanol–water partition coefficient (Wildman–Crippen LogP) is 3.23. The van der Waals surface area contributed by atoms with Gasteiger partial charge in [-0.05, 0) is 32.4 Å². The van der Waals surface area contributed by atoms with Crippen molar-refractivity contribution in [1.82, 2.24) is 5.32 Å². The van der Waals surface area contributed by atoms with Crippen molar-refractivity contribution < 1.29 is 13.9 Å². The van der Waals surface area contributed by atoms with Crippen LogP contribution in [0.5, 0.6) is 0 Å². The Bertz CT molecular complexity index is 385. The third kappa shape index (κ3) is 5.99. The molecule has 0 saturated heterocycles. The smallest absolute Gasteiger partial charge is 0.127 e. The molecule has 1 N–H and O–H groups in total. The Kier molecular flexibility index (Phi) is 8.42. The minimum Gasteiger partial charge on any atom is -0.382 e. The number of methoxy groups -OCH3 is 1. The van der Waals surface area contributed by atoms with Crippen molar-refractivity contribution in [2.75, 3.05) is 33.5 Å². The summed E-state index contributed by atoms with van der Waals surface area (Å²) in [5.41, 5.74) is 1.80. The molecule has 3 nitrogen and oxygen atoms in total. The molecule has 1 atom stereocenters. The maximum absolute atomic E-state index is 14.0. The van der Waals surface area contributed by atoms with E-state index in [4.69, 9.17) is 9.47 Å². The van der Waals surface area contributed by atoms with E-state index in [1.807, 2.05) is 13.0 Å². The molecule has 0 aromatic heterocycles. The average Bonchev–Trinajstić information content (AvgIpc) is 2.45. The average molecular weight is 283 g/mol. The van der Waals surface area contributed by atoms with E-state index in [-0.39, 0.29) is 11.9 Å². The highest BCUT2D eigenvalue weighted by atomic mass is 19.1. The number of rotatable bonds is 10. The SMILES string of the molecule is CCCNC(CCOCCOC)c1cc(C)ccc1F. The van der Waals surface area contributed by atoms with E-state index in [1.54, 1.807) is 13.2 Å². The Morgan fingerprint density at radius 3 is 2.75 bits per heavy atom. The van der Waals surface area contributed by atoms with Crippen molar-refractivity contribution in [1.29, 1.82) is 0 Å². The fraction of sp³-hybridized carbons (Fsp3) is 0.625. The summed E-state index contributed by atoms with van der Waals surface area (Å²) in [6.07, 6.45) is 1.78. The summed E-state index contributed by atoms with van der Waals surface area (Å²) in [7, 11) is 1.65. The molecule has 20 heavy (non-hydrogen) atoms. The van der Waals surface area contributed by atoms with E-state index in [9.17, 15) is 4.39 Å². The summed E-state index contributed by atoms with van der Waals surface area (Å²) >= 11 is 0. The molecule has 0 fully saturated rings. The fourth-order valence-electron chi connectivity index (χ4n) is 2.06. The van der Waals surface area contributed by atoms with Gasteiger partial charge in [0.15, 0.2) is 0 Å². The van der Waals surface area contributed by atoms with Gasteiger partial charge in [0.2, 0.25) is 0 Å². The maximum Gasteiger partial charge on any atom is 0.127 e. The van der Waals surface area contributed by atoms with Crippen molar-refractivity contribution in [3.63, 3.8) is 0 Å². The quantitative estimate of drug-likeness (QED) is 0.669. The van der Waals surface area contributed by atoms with E-state index < -0.39 is 0 Å². The van der Waals surface area contributed by atoms with Crippen LogP contribution in [0.1, 0.15) is 36.9 Å². The third-order valence-corrected chi connectivity index (χ3v) is 3.15. The zero-order valence-electron chi connectivity index (χ0n) is 12.7. The Balaban J connectivity index is 2.60. The zero-order valence-corrected chi connectivity index (χ0v) is 12.7. The topological polar surface area (TPSA) is 30.5 Å². The van der Waals surface area contributed by atoms with Crippen molar-refractivity contribution >= 4 is 0 Å². The number of aryl methyl sites for hydroxylation is 1. The first-order valence-electron chi connectivity index (χ1n) is 7.25. The van der Waals surface area contributed by atoms with Gasteiger partial charge in [-0.15, -0.1) is 0 Å². The van der Waals surface area contributed by atoms with Crippen LogP contribution in [0.3, 0.4) is 0 Å². The van der Waals surface area contributed by atoms with Gasteiger partial charge in [-0.25, -0.2) is 4.39 Å². The first kappa shape index (κ1) is 17.1. The van der Waals surface area contributed by atoms with Gasteiger partial charge in [-0.2, -0.15) is 0 Å². The predicted molar refractivity (Wildman–Crippen MR) is 79.5 cm³/mol. The van der Waals surface area contributed by atoms with Crippen LogP contribution < -0.4 is 5.32 Å². The minimum absolute atomic E-state index is 0.00241. The Hall–Kier alpha value is -0.970. The summed E-state index contributed by atoms with van der Waals surface area (Å²) < 4.78 is 24.4. The largest absolute Gasteiger partial charge is 0.382 e. The number of nitrogens with one attached hydrogen (secondary N) is 1. The molecule has 0 aliphatic heterocycles. The molecule has 1 aromatic rings. The summed E-state index contributed by atoms with van der Waals surface area (Å²) in [6.45, 7) is 6.72. The number of hydrogen-bond acceptors (Lipinski definition) is 3. The highest BCUT2D eigenvalue weighted by Crippen LogP contribution is 2.21. The highest BCUT2D eigenvalue weighted by molar-refractivity contribution is 5.26. The summed E-state index contributed by atoms with van der Waals surface area (Å²) in [5.74, 6) is -0.152. The van der Waals surface area contributed by atoms with Crippen LogP contribution in [0.15, 0.2) is 18.2 Å². The first-order chi connectivity index (χ1) is 9.69. The van der Waals surface area contributed by atoms with Gasteiger partial charge in [0.25, 0.3) is 0 Å². The van der Waals surface area contributed by atoms with Crippen molar-refractivity contribution in [3.05, 3.63) is 35.1 Å². The molecule has 1 aromatic carbocycles. The highest BCUT2D eigenvalue weighted by Gasteiger charge is 2.15. The molecular weight excluding hydrogens is 257 g/mol. The lowest BCUT2D eigenvalue weighted by atomic mass is 10.0. The summed E-state index contributed by atoms with van der Waals surface area (Å²) in [6, 6.07) is 5.25. The molecule has 114 valence electrons. The third-order valence-electron chi connectivity index (χ3n) is 3.15. The lowest BCUT2D eigenvalue weighted by Crippen LogP contribution is -2.24. The fourth-order valence-corrected chi connectivity index (χ4v) is 2.06. The molecule has 0 radical (unpaired) electrons. The van der Waals surface area contributed by atoms with Crippen LogP contribution in [0, 0.1) is 12.7 Å². The van der Waals surface area contributed by atoms with Crippen LogP contribution in [0.25, 0.3) is 0 Å². The molecular formula is C16H26FNO2. The van der Waals surface area contributed by atoms with Crippen molar-refractivity contribution in [2.24, 2.45) is 0 Å². The number of halogens is 1. The van der Waals surface area contributed by atoms with Crippen molar-refractivity contribution in [2.45, 2.75) is 32.7 Å². The number of ether oxygens (including phenoxy) is 2. The lowest BCUT2D eigenvalue weighted by Gasteiger charge is -2.20. The summed E-state index contributed by atoms with van der Waals surface area (Å²) in [5, 5.41) is 3.39. The second-order valence-corrected chi connectivity index (χ2v) is 4.93. The van der Waals surface area contributed by atoms with Crippen LogP contribution >= 0.6 is 0 Å². The first-order valence-corrected chi connectivity index (χ1v) is 7.25. The van der Waals surface area contributed by atoms with E-state index in [0.29, 0.717) is 19.8 Å². The number of benzene rings is 1. The molecule has 0 saturated carbocycles. The Labute approximate surface area is 121 Å². The van der Waals surface area contributed by atoms with E-state index in [2.05, 4.69) is 12.2 Å². The molecule has 4 heteroatoms. The van der Waals surface area contributed by atoms with Crippen molar-refractivity contribution in [3.8, 4) is 0 Å². The standard InChI is InChI=1S/C16H26FNO2/c1-4-8-18-16(7-9-20-11-10-19-3)14-12-13(2)5-6-15(14)17/h5-6,12,16,18H,4,7-11H2,1-3H3. The zero-order chi connectivity index (χ0) is 14.8. The Morgan fingerprint density at radius 2 is 2.05 bits per heavy atom. The normalized spacial score (nSPS) is 12.6. The monoisotopic (exact) mass is 283 g/mol. The van der Waals surface area contributed by atoms with Crippen LogP contribution in [0.2, 0.25) is 0 Å². The van der Waals surface area contributed by atoms with Gasteiger partial charge in [0.05, 0.1) is 13.2 Å². The minimum atomic E-state index is -0.152. The molecule has 0 bridgehead atoms. The maximum atomic E-state index is 14.0. The Morgan fingerprint density at radius 1 is 1.25 bits per heavy atom. The second-order valence-electron chi connectivity index (χ2n) is 4.93. The van der Waals surface area contributed by atoms with E-state index >= 15 is 0 Å². The van der Waals surface area contributed by atoms with Gasteiger partial charge in [-0.1, -0.05) is 24.6 Å². The molecule has 0 amide bonds. The van der Waals surface area contributed by atoms with Gasteiger partial charge in [0.1, 0.15) is 5.82 Å². The molecule has 1 rings (SSSR count). The van der Waals surface area contributed by atoms with Gasteiger partial charge in [-0.3, -0.25) is 0 Å². The van der Waals surface area contributed by atoms with E-state index in [1.165, 1.54) is 6.07 Å². The van der Waals surface area contributed by atoms with Gasteiger partial charge in [0, 0.05) is 25.3 Å². The van der Waals surface area contributed by atoms with Crippen LogP contribution in [-0.2, 0) is 9.47 Å².